The van der Waals surface area contributed by atoms with Crippen molar-refractivity contribution in [2.24, 2.45) is 17.8 Å². The molecule has 0 spiro atoms. The Morgan fingerprint density at radius 2 is 1.50 bits per heavy atom. The van der Waals surface area contributed by atoms with E-state index in [1.165, 1.54) is 44.1 Å². The molecule has 4 aliphatic carbocycles. The first kappa shape index (κ1) is 26.7. The third-order valence-corrected chi connectivity index (χ3v) is 8.58. The number of anilines is 1. The zero-order valence-corrected chi connectivity index (χ0v) is 23.2. The van der Waals surface area contributed by atoms with E-state index in [1.807, 2.05) is 42.5 Å². The van der Waals surface area contributed by atoms with Crippen molar-refractivity contribution in [3.63, 3.8) is 0 Å². The van der Waals surface area contributed by atoms with E-state index in [0.717, 1.165) is 29.0 Å². The van der Waals surface area contributed by atoms with Crippen LogP contribution in [-0.2, 0) is 26.3 Å². The lowest BCUT2D eigenvalue weighted by atomic mass is 9.48. The van der Waals surface area contributed by atoms with Crippen LogP contribution in [-0.4, -0.2) is 29.7 Å². The number of rotatable bonds is 8. The monoisotopic (exact) mass is 518 g/mol. The molecule has 0 aromatic heterocycles. The molecule has 6 heteroatoms. The van der Waals surface area contributed by atoms with Gasteiger partial charge in [-0.05, 0) is 113 Å². The van der Waals surface area contributed by atoms with Crippen LogP contribution in [0.2, 0.25) is 0 Å². The van der Waals surface area contributed by atoms with Gasteiger partial charge >= 0.3 is 6.09 Å². The van der Waals surface area contributed by atoms with Crippen molar-refractivity contribution in [1.82, 2.24) is 5.32 Å². The van der Waals surface area contributed by atoms with E-state index in [1.54, 1.807) is 27.7 Å². The molecule has 4 fully saturated rings. The zero-order valence-electron chi connectivity index (χ0n) is 23.2. The Labute approximate surface area is 226 Å². The average molecular weight is 519 g/mol. The summed E-state index contributed by atoms with van der Waals surface area (Å²) in [4.78, 5) is 26.0. The molecule has 0 saturated heterocycles. The lowest BCUT2D eigenvalue weighted by Crippen LogP contribution is -2.52. The summed E-state index contributed by atoms with van der Waals surface area (Å²) in [7, 11) is 0. The van der Waals surface area contributed by atoms with Crippen molar-refractivity contribution in [3.05, 3.63) is 65.7 Å². The second-order valence-electron chi connectivity index (χ2n) is 12.9. The van der Waals surface area contributed by atoms with Gasteiger partial charge in [0.15, 0.2) is 0 Å². The summed E-state index contributed by atoms with van der Waals surface area (Å²) in [6.45, 7) is 7.51. The van der Waals surface area contributed by atoms with Crippen molar-refractivity contribution in [1.29, 1.82) is 0 Å². The van der Waals surface area contributed by atoms with Crippen molar-refractivity contribution in [2.75, 3.05) is 5.32 Å². The highest BCUT2D eigenvalue weighted by atomic mass is 16.6. The van der Waals surface area contributed by atoms with Gasteiger partial charge in [0.05, 0.1) is 12.7 Å². The zero-order chi connectivity index (χ0) is 26.9. The topological polar surface area (TPSA) is 76.7 Å². The maximum atomic E-state index is 13.4. The SMILES string of the molecule is C[C@H](OCc1ccccc1)[C@@H](NC(=O)OC(C)(C)C)C(=O)Nc1ccc(C23CC4CC(CC(C4)C2)C3)cc1. The molecule has 204 valence electrons. The molecule has 6 rings (SSSR count). The smallest absolute Gasteiger partial charge is 0.408 e. The molecule has 6 nitrogen and oxygen atoms in total. The van der Waals surface area contributed by atoms with Gasteiger partial charge in [-0.25, -0.2) is 4.79 Å². The van der Waals surface area contributed by atoms with Crippen LogP contribution in [0.4, 0.5) is 10.5 Å². The van der Waals surface area contributed by atoms with Crippen LogP contribution in [0.5, 0.6) is 0 Å². The predicted octanol–water partition coefficient (Wildman–Crippen LogP) is 6.59. The summed E-state index contributed by atoms with van der Waals surface area (Å²) in [5, 5.41) is 5.73. The van der Waals surface area contributed by atoms with Gasteiger partial charge < -0.3 is 20.1 Å². The fourth-order valence-corrected chi connectivity index (χ4v) is 7.32. The van der Waals surface area contributed by atoms with E-state index in [2.05, 4.69) is 22.8 Å². The summed E-state index contributed by atoms with van der Waals surface area (Å²) >= 11 is 0. The Morgan fingerprint density at radius 1 is 0.921 bits per heavy atom. The normalized spacial score (nSPS) is 27.4. The summed E-state index contributed by atoms with van der Waals surface area (Å²) in [5.41, 5.74) is 2.77. The van der Waals surface area contributed by atoms with Crippen LogP contribution < -0.4 is 10.6 Å². The van der Waals surface area contributed by atoms with Gasteiger partial charge in [0.1, 0.15) is 11.6 Å². The summed E-state index contributed by atoms with van der Waals surface area (Å²) < 4.78 is 11.4. The molecule has 2 aromatic carbocycles. The van der Waals surface area contributed by atoms with E-state index >= 15 is 0 Å². The third-order valence-electron chi connectivity index (χ3n) is 8.58. The van der Waals surface area contributed by atoms with E-state index in [0.29, 0.717) is 12.0 Å². The minimum Gasteiger partial charge on any atom is -0.444 e. The minimum atomic E-state index is -0.920. The number of nitrogens with one attached hydrogen (secondary N) is 2. The molecule has 0 radical (unpaired) electrons. The molecule has 38 heavy (non-hydrogen) atoms. The number of hydrogen-bond acceptors (Lipinski definition) is 4. The molecular weight excluding hydrogens is 476 g/mol. The van der Waals surface area contributed by atoms with Crippen molar-refractivity contribution in [3.8, 4) is 0 Å². The number of hydrogen-bond donors (Lipinski definition) is 2. The maximum absolute atomic E-state index is 13.4. The average Bonchev–Trinajstić information content (AvgIpc) is 2.85. The number of benzene rings is 2. The molecule has 2 aromatic rings. The van der Waals surface area contributed by atoms with E-state index < -0.39 is 23.8 Å². The third kappa shape index (κ3) is 6.23. The molecule has 2 N–H and O–H groups in total. The van der Waals surface area contributed by atoms with Crippen LogP contribution in [0, 0.1) is 17.8 Å². The molecule has 0 heterocycles. The van der Waals surface area contributed by atoms with Crippen LogP contribution in [0.15, 0.2) is 54.6 Å². The fourth-order valence-electron chi connectivity index (χ4n) is 7.32. The Morgan fingerprint density at radius 3 is 2.05 bits per heavy atom. The number of amides is 2. The highest BCUT2D eigenvalue weighted by Crippen LogP contribution is 2.60. The summed E-state index contributed by atoms with van der Waals surface area (Å²) in [6, 6.07) is 17.3. The Hall–Kier alpha value is -2.86. The molecule has 4 saturated carbocycles. The van der Waals surface area contributed by atoms with Crippen LogP contribution >= 0.6 is 0 Å². The van der Waals surface area contributed by atoms with Gasteiger partial charge in [-0.15, -0.1) is 0 Å². The molecule has 4 bridgehead atoms. The second-order valence-corrected chi connectivity index (χ2v) is 12.9. The summed E-state index contributed by atoms with van der Waals surface area (Å²) in [5.74, 6) is 2.33. The summed E-state index contributed by atoms with van der Waals surface area (Å²) in [6.07, 6.45) is 6.96. The standard InChI is InChI=1S/C32H42N2O4/c1-21(37-20-22-8-6-5-7-9-22)28(34-30(36)38-31(2,3)4)29(35)33-27-12-10-26(11-13-27)32-17-23-14-24(18-32)16-25(15-23)19-32/h5-13,21,23-25,28H,14-20H2,1-4H3,(H,33,35)(H,34,36)/t21-,23?,24?,25?,28+,32?/m0/s1. The fraction of sp³-hybridized carbons (Fsp3) is 0.562. The number of ether oxygens (including phenoxy) is 2. The number of carbonyl (C=O) groups excluding carboxylic acids is 2. The van der Waals surface area contributed by atoms with E-state index in [4.69, 9.17) is 9.47 Å². The van der Waals surface area contributed by atoms with Gasteiger partial charge in [0.2, 0.25) is 5.91 Å². The molecule has 2 atom stereocenters. The second kappa shape index (κ2) is 10.7. The van der Waals surface area contributed by atoms with Crippen LogP contribution in [0.3, 0.4) is 0 Å². The molecule has 0 aliphatic heterocycles. The molecule has 4 aliphatic rings. The minimum absolute atomic E-state index is 0.317. The van der Waals surface area contributed by atoms with Gasteiger partial charge in [0, 0.05) is 5.69 Å². The van der Waals surface area contributed by atoms with Crippen molar-refractivity contribution in [2.45, 2.75) is 96.0 Å². The first-order valence-corrected chi connectivity index (χ1v) is 14.1. The van der Waals surface area contributed by atoms with E-state index in [-0.39, 0.29) is 5.91 Å². The number of alkyl carbamates (subject to hydrolysis) is 1. The van der Waals surface area contributed by atoms with Gasteiger partial charge in [-0.2, -0.15) is 0 Å². The molecule has 0 unspecified atom stereocenters. The van der Waals surface area contributed by atoms with Gasteiger partial charge in [-0.1, -0.05) is 42.5 Å². The quantitative estimate of drug-likeness (QED) is 0.413. The van der Waals surface area contributed by atoms with Crippen LogP contribution in [0.25, 0.3) is 0 Å². The van der Waals surface area contributed by atoms with Crippen molar-refractivity contribution < 1.29 is 19.1 Å². The highest BCUT2D eigenvalue weighted by molar-refractivity contribution is 5.97. The number of carbonyl (C=O) groups is 2. The van der Waals surface area contributed by atoms with Crippen molar-refractivity contribution >= 4 is 17.7 Å². The first-order valence-electron chi connectivity index (χ1n) is 14.1. The Kier molecular flexibility index (Phi) is 7.54. The first-order chi connectivity index (χ1) is 18.1. The highest BCUT2D eigenvalue weighted by Gasteiger charge is 2.51. The maximum Gasteiger partial charge on any atom is 0.408 e. The van der Waals surface area contributed by atoms with Crippen LogP contribution in [0.1, 0.15) is 77.3 Å². The predicted molar refractivity (Wildman–Crippen MR) is 149 cm³/mol. The van der Waals surface area contributed by atoms with Gasteiger partial charge in [0.25, 0.3) is 0 Å². The lowest BCUT2D eigenvalue weighted by Gasteiger charge is -2.57. The molecular formula is C32H42N2O4. The lowest BCUT2D eigenvalue weighted by molar-refractivity contribution is -0.122. The molecule has 2 amide bonds. The largest absolute Gasteiger partial charge is 0.444 e. The Balaban J connectivity index is 1.26. The Bertz CT molecular complexity index is 1090. The van der Waals surface area contributed by atoms with Gasteiger partial charge in [-0.3, -0.25) is 4.79 Å². The van der Waals surface area contributed by atoms with E-state index in [9.17, 15) is 9.59 Å².